The van der Waals surface area contributed by atoms with E-state index in [0.29, 0.717) is 19.5 Å². The number of alkyl carbamates (subject to hydrolysis) is 1. The molecular formula is C28H32N2O5. The van der Waals surface area contributed by atoms with Gasteiger partial charge in [0.25, 0.3) is 0 Å². The van der Waals surface area contributed by atoms with Crippen molar-refractivity contribution in [2.75, 3.05) is 19.7 Å². The summed E-state index contributed by atoms with van der Waals surface area (Å²) in [6.45, 7) is 2.95. The molecule has 2 fully saturated rings. The highest BCUT2D eigenvalue weighted by molar-refractivity contribution is 5.82. The molecule has 1 heterocycles. The molecule has 1 saturated heterocycles. The summed E-state index contributed by atoms with van der Waals surface area (Å²) in [5.41, 5.74) is 4.71. The number of aliphatic carboxylic acids is 1. The summed E-state index contributed by atoms with van der Waals surface area (Å²) >= 11 is 0. The lowest BCUT2D eigenvalue weighted by Gasteiger charge is -2.29. The lowest BCUT2D eigenvalue weighted by molar-refractivity contribution is -0.143. The van der Waals surface area contributed by atoms with Crippen LogP contribution in [0.2, 0.25) is 0 Å². The maximum Gasteiger partial charge on any atom is 0.407 e. The van der Waals surface area contributed by atoms with Gasteiger partial charge in [-0.1, -0.05) is 55.0 Å². The number of hydrogen-bond acceptors (Lipinski definition) is 4. The van der Waals surface area contributed by atoms with Gasteiger partial charge in [0, 0.05) is 31.0 Å². The topological polar surface area (TPSA) is 95.9 Å². The van der Waals surface area contributed by atoms with Gasteiger partial charge in [-0.2, -0.15) is 0 Å². The van der Waals surface area contributed by atoms with Crippen LogP contribution < -0.4 is 5.32 Å². The van der Waals surface area contributed by atoms with Gasteiger partial charge in [0.1, 0.15) is 6.61 Å². The Balaban J connectivity index is 1.16. The standard InChI is InChI=1S/C28H32N2O5/c1-17-19(27(32)33)13-14-30(17)26(31)20-12-6-7-18(20)15-29-28(34)35-16-25-23-10-4-2-8-21(23)22-9-3-5-11-24(22)25/h2-5,8-11,17-20,25H,6-7,12-16H2,1H3,(H,29,34)(H,32,33)/t17?,18-,19?,20-/m0/s1. The number of nitrogens with zero attached hydrogens (tertiary/aromatic N) is 1. The summed E-state index contributed by atoms with van der Waals surface area (Å²) in [6.07, 6.45) is 2.60. The number of ether oxygens (including phenoxy) is 1. The maximum absolute atomic E-state index is 13.2. The van der Waals surface area contributed by atoms with Gasteiger partial charge in [-0.15, -0.1) is 0 Å². The number of carbonyl (C=O) groups is 3. The van der Waals surface area contributed by atoms with Crippen LogP contribution in [-0.4, -0.2) is 53.7 Å². The van der Waals surface area contributed by atoms with Crippen LogP contribution in [0.4, 0.5) is 4.79 Å². The van der Waals surface area contributed by atoms with Gasteiger partial charge < -0.3 is 20.1 Å². The van der Waals surface area contributed by atoms with Crippen molar-refractivity contribution in [3.63, 3.8) is 0 Å². The molecule has 0 bridgehead atoms. The molecule has 1 aliphatic heterocycles. The van der Waals surface area contributed by atoms with Gasteiger partial charge >= 0.3 is 12.1 Å². The first-order chi connectivity index (χ1) is 17.0. The largest absolute Gasteiger partial charge is 0.481 e. The predicted molar refractivity (Wildman–Crippen MR) is 131 cm³/mol. The molecule has 2 aromatic rings. The van der Waals surface area contributed by atoms with E-state index >= 15 is 0 Å². The van der Waals surface area contributed by atoms with E-state index in [4.69, 9.17) is 4.74 Å². The third-order valence-corrected chi connectivity index (χ3v) is 8.18. The van der Waals surface area contributed by atoms with Crippen LogP contribution >= 0.6 is 0 Å². The van der Waals surface area contributed by atoms with Gasteiger partial charge in [-0.25, -0.2) is 4.79 Å². The first-order valence-electron chi connectivity index (χ1n) is 12.6. The van der Waals surface area contributed by atoms with Crippen molar-refractivity contribution in [3.05, 3.63) is 59.7 Å². The number of nitrogens with one attached hydrogen (secondary N) is 1. The molecule has 2 aromatic carbocycles. The summed E-state index contributed by atoms with van der Waals surface area (Å²) in [5, 5.41) is 12.3. The van der Waals surface area contributed by atoms with E-state index in [1.54, 1.807) is 4.90 Å². The van der Waals surface area contributed by atoms with Crippen LogP contribution in [0.15, 0.2) is 48.5 Å². The monoisotopic (exact) mass is 476 g/mol. The molecule has 3 aliphatic rings. The van der Waals surface area contributed by atoms with Gasteiger partial charge in [-0.3, -0.25) is 9.59 Å². The quantitative estimate of drug-likeness (QED) is 0.649. The summed E-state index contributed by atoms with van der Waals surface area (Å²) in [7, 11) is 0. The lowest BCUT2D eigenvalue weighted by atomic mass is 9.94. The Morgan fingerprint density at radius 2 is 1.63 bits per heavy atom. The molecule has 1 saturated carbocycles. The fraction of sp³-hybridized carbons (Fsp3) is 0.464. The molecule has 2 amide bonds. The summed E-state index contributed by atoms with van der Waals surface area (Å²) in [6, 6.07) is 16.1. The summed E-state index contributed by atoms with van der Waals surface area (Å²) in [4.78, 5) is 39.0. The van der Waals surface area contributed by atoms with Crippen molar-refractivity contribution in [1.29, 1.82) is 0 Å². The molecule has 0 aromatic heterocycles. The highest BCUT2D eigenvalue weighted by atomic mass is 16.5. The number of rotatable bonds is 6. The van der Waals surface area contributed by atoms with E-state index in [1.807, 2.05) is 31.2 Å². The minimum absolute atomic E-state index is 0.00721. The first kappa shape index (κ1) is 23.4. The Kier molecular flexibility index (Phi) is 6.50. The molecule has 35 heavy (non-hydrogen) atoms. The van der Waals surface area contributed by atoms with Crippen LogP contribution in [0, 0.1) is 17.8 Å². The van der Waals surface area contributed by atoms with Gasteiger partial charge in [0.2, 0.25) is 5.91 Å². The second-order valence-corrected chi connectivity index (χ2v) is 10.0. The smallest absolute Gasteiger partial charge is 0.407 e. The van der Waals surface area contributed by atoms with Crippen molar-refractivity contribution >= 4 is 18.0 Å². The molecule has 0 radical (unpaired) electrons. The minimum Gasteiger partial charge on any atom is -0.481 e. The summed E-state index contributed by atoms with van der Waals surface area (Å²) in [5.74, 6) is -1.45. The van der Waals surface area contributed by atoms with Crippen LogP contribution in [-0.2, 0) is 14.3 Å². The Bertz CT molecular complexity index is 1090. The first-order valence-corrected chi connectivity index (χ1v) is 12.6. The number of fused-ring (bicyclic) bond motifs is 3. The zero-order valence-electron chi connectivity index (χ0n) is 20.0. The Labute approximate surface area is 205 Å². The third-order valence-electron chi connectivity index (χ3n) is 8.18. The zero-order valence-corrected chi connectivity index (χ0v) is 20.0. The Morgan fingerprint density at radius 1 is 0.971 bits per heavy atom. The molecule has 7 nitrogen and oxygen atoms in total. The number of carboxylic acid groups (broad SMARTS) is 1. The molecule has 0 spiro atoms. The maximum atomic E-state index is 13.2. The number of carboxylic acids is 1. The molecule has 2 aliphatic carbocycles. The molecule has 2 unspecified atom stereocenters. The highest BCUT2D eigenvalue weighted by Crippen LogP contribution is 2.44. The fourth-order valence-corrected chi connectivity index (χ4v) is 6.26. The van der Waals surface area contributed by atoms with Crippen molar-refractivity contribution in [2.45, 2.75) is 44.6 Å². The molecule has 5 rings (SSSR count). The normalized spacial score (nSPS) is 25.2. The number of carbonyl (C=O) groups excluding carboxylic acids is 2. The number of hydrogen-bond donors (Lipinski definition) is 2. The third kappa shape index (κ3) is 4.40. The van der Waals surface area contributed by atoms with E-state index < -0.39 is 18.0 Å². The van der Waals surface area contributed by atoms with E-state index in [0.717, 1.165) is 19.3 Å². The zero-order chi connectivity index (χ0) is 24.5. The van der Waals surface area contributed by atoms with Crippen molar-refractivity contribution in [2.24, 2.45) is 17.8 Å². The Morgan fingerprint density at radius 3 is 2.26 bits per heavy atom. The predicted octanol–water partition coefficient (Wildman–Crippen LogP) is 4.26. The second-order valence-electron chi connectivity index (χ2n) is 10.0. The molecule has 184 valence electrons. The van der Waals surface area contributed by atoms with E-state index in [9.17, 15) is 19.5 Å². The number of likely N-dealkylation sites (tertiary alicyclic amines) is 1. The van der Waals surface area contributed by atoms with E-state index in [-0.39, 0.29) is 36.3 Å². The van der Waals surface area contributed by atoms with E-state index in [1.165, 1.54) is 22.3 Å². The van der Waals surface area contributed by atoms with Crippen LogP contribution in [0.5, 0.6) is 0 Å². The van der Waals surface area contributed by atoms with Gasteiger partial charge in [0.15, 0.2) is 0 Å². The SMILES string of the molecule is CC1C(C(=O)O)CCN1C(=O)[C@H]1CCC[C@H]1CNC(=O)OCC1c2ccccc2-c2ccccc21. The van der Waals surface area contributed by atoms with Crippen molar-refractivity contribution in [3.8, 4) is 11.1 Å². The number of amides is 2. The average Bonchev–Trinajstić information content (AvgIpc) is 3.57. The lowest BCUT2D eigenvalue weighted by Crippen LogP contribution is -2.43. The van der Waals surface area contributed by atoms with Gasteiger partial charge in [-0.05, 0) is 54.4 Å². The molecular weight excluding hydrogens is 444 g/mol. The van der Waals surface area contributed by atoms with Crippen LogP contribution in [0.25, 0.3) is 11.1 Å². The fourth-order valence-electron chi connectivity index (χ4n) is 6.26. The van der Waals surface area contributed by atoms with Crippen molar-refractivity contribution in [1.82, 2.24) is 10.2 Å². The Hall–Kier alpha value is -3.35. The van der Waals surface area contributed by atoms with Crippen LogP contribution in [0.1, 0.15) is 49.7 Å². The molecule has 4 atom stereocenters. The minimum atomic E-state index is -0.840. The van der Waals surface area contributed by atoms with Gasteiger partial charge in [0.05, 0.1) is 5.92 Å². The molecule has 7 heteroatoms. The number of benzene rings is 2. The second kappa shape index (κ2) is 9.72. The van der Waals surface area contributed by atoms with E-state index in [2.05, 4.69) is 29.6 Å². The molecule has 2 N–H and O–H groups in total. The van der Waals surface area contributed by atoms with Crippen LogP contribution in [0.3, 0.4) is 0 Å². The highest BCUT2D eigenvalue weighted by Gasteiger charge is 2.43. The summed E-state index contributed by atoms with van der Waals surface area (Å²) < 4.78 is 5.64. The van der Waals surface area contributed by atoms with Crippen molar-refractivity contribution < 1.29 is 24.2 Å². The average molecular weight is 477 g/mol.